The summed E-state index contributed by atoms with van der Waals surface area (Å²) in [5.74, 6) is -1.75. The molecule has 3 aromatic rings. The number of halogens is 3. The Labute approximate surface area is 171 Å². The molecule has 30 heavy (non-hydrogen) atoms. The van der Waals surface area contributed by atoms with Crippen LogP contribution in [-0.2, 0) is 4.79 Å². The van der Waals surface area contributed by atoms with Crippen LogP contribution in [0.1, 0.15) is 12.8 Å². The minimum absolute atomic E-state index is 0.166. The lowest BCUT2D eigenvalue weighted by atomic mass is 9.97. The number of amides is 1. The minimum atomic E-state index is -0.681. The van der Waals surface area contributed by atoms with Gasteiger partial charge in [-0.2, -0.15) is 0 Å². The summed E-state index contributed by atoms with van der Waals surface area (Å²) < 4.78 is 40.2. The largest absolute Gasteiger partial charge is 0.354 e. The highest BCUT2D eigenvalue weighted by Gasteiger charge is 2.27. The molecule has 2 aromatic carbocycles. The molecular formula is C22H19F3N4O. The number of nitrogens with zero attached hydrogens (tertiary/aromatic N) is 3. The summed E-state index contributed by atoms with van der Waals surface area (Å²) in [6.07, 6.45) is 1.39. The second-order valence-electron chi connectivity index (χ2n) is 7.18. The zero-order valence-corrected chi connectivity index (χ0v) is 16.0. The van der Waals surface area contributed by atoms with Crippen molar-refractivity contribution in [3.05, 3.63) is 72.0 Å². The maximum Gasteiger partial charge on any atom is 0.229 e. The monoisotopic (exact) mass is 412 g/mol. The van der Waals surface area contributed by atoms with Crippen molar-refractivity contribution in [2.45, 2.75) is 12.8 Å². The number of rotatable bonds is 4. The summed E-state index contributed by atoms with van der Waals surface area (Å²) in [5, 5.41) is 10.9. The molecule has 1 aliphatic rings. The van der Waals surface area contributed by atoms with Crippen LogP contribution in [0.2, 0.25) is 0 Å². The number of piperidine rings is 1. The summed E-state index contributed by atoms with van der Waals surface area (Å²) >= 11 is 0. The third-order valence-electron chi connectivity index (χ3n) is 5.09. The van der Waals surface area contributed by atoms with E-state index in [-0.39, 0.29) is 23.3 Å². The first kappa shape index (κ1) is 19.9. The summed E-state index contributed by atoms with van der Waals surface area (Å²) in [6, 6.07) is 12.5. The normalized spacial score (nSPS) is 16.4. The van der Waals surface area contributed by atoms with Crippen molar-refractivity contribution in [2.24, 2.45) is 5.92 Å². The fourth-order valence-electron chi connectivity index (χ4n) is 3.50. The van der Waals surface area contributed by atoms with Crippen LogP contribution in [-0.4, -0.2) is 29.2 Å². The first-order chi connectivity index (χ1) is 14.5. The van der Waals surface area contributed by atoms with Gasteiger partial charge < -0.3 is 10.2 Å². The fraction of sp³-hybridized carbons (Fsp3) is 0.227. The zero-order valence-electron chi connectivity index (χ0n) is 16.0. The zero-order chi connectivity index (χ0) is 21.1. The molecule has 1 saturated heterocycles. The summed E-state index contributed by atoms with van der Waals surface area (Å²) in [7, 11) is 0. The molecule has 1 aliphatic heterocycles. The Balaban J connectivity index is 1.43. The topological polar surface area (TPSA) is 58.1 Å². The molecule has 2 heterocycles. The van der Waals surface area contributed by atoms with E-state index < -0.39 is 11.6 Å². The van der Waals surface area contributed by atoms with Gasteiger partial charge >= 0.3 is 0 Å². The average Bonchev–Trinajstić information content (AvgIpc) is 2.77. The van der Waals surface area contributed by atoms with E-state index in [2.05, 4.69) is 15.5 Å². The number of carbonyl (C=O) groups is 1. The minimum Gasteiger partial charge on any atom is -0.354 e. The lowest BCUT2D eigenvalue weighted by Gasteiger charge is -2.32. The Morgan fingerprint density at radius 3 is 2.47 bits per heavy atom. The van der Waals surface area contributed by atoms with Crippen molar-refractivity contribution in [3.8, 4) is 11.3 Å². The number of hydrogen-bond donors (Lipinski definition) is 1. The van der Waals surface area contributed by atoms with Gasteiger partial charge in [0.1, 0.15) is 17.5 Å². The molecular weight excluding hydrogens is 393 g/mol. The van der Waals surface area contributed by atoms with E-state index in [4.69, 9.17) is 0 Å². The number of carbonyl (C=O) groups excluding carboxylic acids is 1. The molecule has 1 atom stereocenters. The van der Waals surface area contributed by atoms with E-state index in [1.54, 1.807) is 24.3 Å². The molecule has 1 amide bonds. The van der Waals surface area contributed by atoms with E-state index in [0.29, 0.717) is 31.0 Å². The van der Waals surface area contributed by atoms with Crippen LogP contribution in [0.3, 0.4) is 0 Å². The van der Waals surface area contributed by atoms with Crippen molar-refractivity contribution < 1.29 is 18.0 Å². The second-order valence-corrected chi connectivity index (χ2v) is 7.18. The van der Waals surface area contributed by atoms with Crippen LogP contribution in [0.4, 0.5) is 24.7 Å². The van der Waals surface area contributed by atoms with Gasteiger partial charge in [-0.05, 0) is 61.4 Å². The van der Waals surface area contributed by atoms with E-state index in [0.717, 1.165) is 30.2 Å². The SMILES string of the molecule is O=C(Nc1cc(F)ccc1F)[C@@H]1CCCN(c2ccc(-c3ccc(F)cc3)nn2)C1. The summed E-state index contributed by atoms with van der Waals surface area (Å²) in [5.41, 5.74) is 1.20. The Kier molecular flexibility index (Phi) is 5.65. The van der Waals surface area contributed by atoms with E-state index in [9.17, 15) is 18.0 Å². The molecule has 5 nitrogen and oxygen atoms in total. The van der Waals surface area contributed by atoms with Crippen molar-refractivity contribution in [2.75, 3.05) is 23.3 Å². The lowest BCUT2D eigenvalue weighted by molar-refractivity contribution is -0.120. The van der Waals surface area contributed by atoms with Gasteiger partial charge in [-0.25, -0.2) is 13.2 Å². The Morgan fingerprint density at radius 1 is 0.967 bits per heavy atom. The molecule has 0 spiro atoms. The lowest BCUT2D eigenvalue weighted by Crippen LogP contribution is -2.41. The molecule has 0 bridgehead atoms. The van der Waals surface area contributed by atoms with Gasteiger partial charge in [0, 0.05) is 24.7 Å². The first-order valence-electron chi connectivity index (χ1n) is 9.60. The molecule has 0 radical (unpaired) electrons. The molecule has 1 aromatic heterocycles. The van der Waals surface area contributed by atoms with Crippen LogP contribution >= 0.6 is 0 Å². The molecule has 1 fully saturated rings. The number of benzene rings is 2. The van der Waals surface area contributed by atoms with Gasteiger partial charge in [-0.3, -0.25) is 4.79 Å². The predicted molar refractivity (Wildman–Crippen MR) is 107 cm³/mol. The van der Waals surface area contributed by atoms with Crippen molar-refractivity contribution in [1.82, 2.24) is 10.2 Å². The number of aromatic nitrogens is 2. The Morgan fingerprint density at radius 2 is 1.73 bits per heavy atom. The molecule has 8 heteroatoms. The van der Waals surface area contributed by atoms with Gasteiger partial charge in [0.2, 0.25) is 5.91 Å². The van der Waals surface area contributed by atoms with Gasteiger partial charge in [0.25, 0.3) is 0 Å². The van der Waals surface area contributed by atoms with Gasteiger partial charge in [0.05, 0.1) is 17.3 Å². The molecule has 0 aliphatic carbocycles. The maximum absolute atomic E-state index is 13.8. The highest BCUT2D eigenvalue weighted by atomic mass is 19.1. The van der Waals surface area contributed by atoms with Gasteiger partial charge in [0.15, 0.2) is 5.82 Å². The van der Waals surface area contributed by atoms with Crippen LogP contribution < -0.4 is 10.2 Å². The van der Waals surface area contributed by atoms with E-state index in [1.807, 2.05) is 4.90 Å². The van der Waals surface area contributed by atoms with Gasteiger partial charge in [-0.15, -0.1) is 10.2 Å². The molecule has 1 N–H and O–H groups in total. The predicted octanol–water partition coefficient (Wildman–Crippen LogP) is 4.42. The highest BCUT2D eigenvalue weighted by Crippen LogP contribution is 2.25. The molecule has 0 saturated carbocycles. The van der Waals surface area contributed by atoms with Gasteiger partial charge in [-0.1, -0.05) is 0 Å². The van der Waals surface area contributed by atoms with Crippen molar-refractivity contribution in [1.29, 1.82) is 0 Å². The maximum atomic E-state index is 13.8. The third kappa shape index (κ3) is 4.42. The molecule has 0 unspecified atom stereocenters. The number of anilines is 2. The fourth-order valence-corrected chi connectivity index (χ4v) is 3.50. The molecule has 4 rings (SSSR count). The summed E-state index contributed by atoms with van der Waals surface area (Å²) in [6.45, 7) is 1.11. The van der Waals surface area contributed by atoms with E-state index in [1.165, 1.54) is 12.1 Å². The standard InChI is InChI=1S/C22H19F3N4O/c23-16-5-3-14(4-6-16)19-9-10-21(28-27-19)29-11-1-2-15(13-29)22(30)26-20-12-17(24)7-8-18(20)25/h3-10,12,15H,1-2,11,13H2,(H,26,30)/t15-/m1/s1. The van der Waals surface area contributed by atoms with Crippen LogP contribution in [0, 0.1) is 23.4 Å². The van der Waals surface area contributed by atoms with E-state index >= 15 is 0 Å². The van der Waals surface area contributed by atoms with Crippen LogP contribution in [0.5, 0.6) is 0 Å². The Hall–Kier alpha value is -3.42. The van der Waals surface area contributed by atoms with Crippen LogP contribution in [0.15, 0.2) is 54.6 Å². The second kappa shape index (κ2) is 8.52. The number of nitrogens with one attached hydrogen (secondary N) is 1. The quantitative estimate of drug-likeness (QED) is 0.690. The average molecular weight is 412 g/mol. The Bertz CT molecular complexity index is 1040. The smallest absolute Gasteiger partial charge is 0.229 e. The molecule has 154 valence electrons. The first-order valence-corrected chi connectivity index (χ1v) is 9.60. The van der Waals surface area contributed by atoms with Crippen molar-refractivity contribution in [3.63, 3.8) is 0 Å². The van der Waals surface area contributed by atoms with Crippen LogP contribution in [0.25, 0.3) is 11.3 Å². The number of hydrogen-bond acceptors (Lipinski definition) is 4. The van der Waals surface area contributed by atoms with Crippen molar-refractivity contribution >= 4 is 17.4 Å². The summed E-state index contributed by atoms with van der Waals surface area (Å²) in [4.78, 5) is 14.5. The third-order valence-corrected chi connectivity index (χ3v) is 5.09. The highest BCUT2D eigenvalue weighted by molar-refractivity contribution is 5.93.